The van der Waals surface area contributed by atoms with Crippen molar-refractivity contribution < 1.29 is 13.2 Å². The topological polar surface area (TPSA) is 43.4 Å². The monoisotopic (exact) mass is 318 g/mol. The smallest absolute Gasteiger partial charge is 0.232 e. The molecule has 1 rings (SSSR count). The Kier molecular flexibility index (Phi) is 6.34. The summed E-state index contributed by atoms with van der Waals surface area (Å²) < 4.78 is 28.3. The van der Waals surface area contributed by atoms with Crippen LogP contribution >= 0.6 is 10.7 Å². The van der Waals surface area contributed by atoms with E-state index in [9.17, 15) is 8.42 Å². The molecular weight excluding hydrogens is 296 g/mol. The van der Waals surface area contributed by atoms with Gasteiger partial charge < -0.3 is 4.74 Å². The lowest BCUT2D eigenvalue weighted by Crippen LogP contribution is -2.20. The van der Waals surface area contributed by atoms with Gasteiger partial charge >= 0.3 is 0 Å². The maximum atomic E-state index is 11.2. The molecule has 3 nitrogen and oxygen atoms in total. The van der Waals surface area contributed by atoms with Crippen LogP contribution in [0.4, 0.5) is 0 Å². The first-order valence-corrected chi connectivity index (χ1v) is 9.33. The lowest BCUT2D eigenvalue weighted by molar-refractivity contribution is 0.250. The first kappa shape index (κ1) is 17.3. The minimum Gasteiger partial charge on any atom is -0.493 e. The second-order valence-corrected chi connectivity index (χ2v) is 8.22. The fraction of sp³-hybridized carbons (Fsp3) is 0.600. The molecule has 5 heteroatoms. The van der Waals surface area contributed by atoms with E-state index in [4.69, 9.17) is 15.4 Å². The molecular formula is C15H23ClO3S. The van der Waals surface area contributed by atoms with Gasteiger partial charge in [-0.2, -0.15) is 0 Å². The summed E-state index contributed by atoms with van der Waals surface area (Å²) in [5, 5.41) is 0. The fourth-order valence-corrected chi connectivity index (χ4v) is 3.86. The SMILES string of the molecule is CCCC(COc1c(C)cc(C)cc1C)CS(=O)(=O)Cl. The Bertz CT molecular complexity index is 529. The number of rotatable bonds is 7. The van der Waals surface area contributed by atoms with E-state index in [0.717, 1.165) is 29.7 Å². The molecule has 0 amide bonds. The standard InChI is InChI=1S/C15H23ClO3S/c1-5-6-14(10-20(16,17)18)9-19-15-12(3)7-11(2)8-13(15)4/h7-8,14H,5-6,9-10H2,1-4H3. The highest BCUT2D eigenvalue weighted by Crippen LogP contribution is 2.25. The summed E-state index contributed by atoms with van der Waals surface area (Å²) in [5.74, 6) is 0.748. The highest BCUT2D eigenvalue weighted by molar-refractivity contribution is 8.13. The number of hydrogen-bond acceptors (Lipinski definition) is 3. The van der Waals surface area contributed by atoms with Crippen LogP contribution in [0.15, 0.2) is 12.1 Å². The first-order chi connectivity index (χ1) is 9.23. The molecule has 20 heavy (non-hydrogen) atoms. The molecule has 0 aliphatic heterocycles. The van der Waals surface area contributed by atoms with Gasteiger partial charge in [0.05, 0.1) is 12.4 Å². The number of hydrogen-bond donors (Lipinski definition) is 0. The van der Waals surface area contributed by atoms with Gasteiger partial charge in [-0.25, -0.2) is 8.42 Å². The van der Waals surface area contributed by atoms with Crippen LogP contribution < -0.4 is 4.74 Å². The molecule has 0 fully saturated rings. The molecule has 0 heterocycles. The van der Waals surface area contributed by atoms with Crippen LogP contribution in [0.5, 0.6) is 5.75 Å². The first-order valence-electron chi connectivity index (χ1n) is 6.86. The van der Waals surface area contributed by atoms with Crippen molar-refractivity contribution in [2.75, 3.05) is 12.4 Å². The number of ether oxygens (including phenoxy) is 1. The van der Waals surface area contributed by atoms with E-state index in [1.807, 2.05) is 27.7 Å². The van der Waals surface area contributed by atoms with E-state index in [1.54, 1.807) is 0 Å². The maximum Gasteiger partial charge on any atom is 0.232 e. The van der Waals surface area contributed by atoms with Crippen LogP contribution in [0.1, 0.15) is 36.5 Å². The van der Waals surface area contributed by atoms with Gasteiger partial charge in [-0.1, -0.05) is 31.0 Å². The van der Waals surface area contributed by atoms with Gasteiger partial charge in [0.1, 0.15) is 5.75 Å². The largest absolute Gasteiger partial charge is 0.493 e. The Morgan fingerprint density at radius 1 is 1.20 bits per heavy atom. The molecule has 0 aliphatic rings. The van der Waals surface area contributed by atoms with Crippen LogP contribution in [0.3, 0.4) is 0 Å². The average molecular weight is 319 g/mol. The van der Waals surface area contributed by atoms with Gasteiger partial charge in [0.2, 0.25) is 9.05 Å². The maximum absolute atomic E-state index is 11.2. The van der Waals surface area contributed by atoms with Crippen LogP contribution in [-0.4, -0.2) is 20.8 Å². The lowest BCUT2D eigenvalue weighted by atomic mass is 10.1. The second kappa shape index (κ2) is 7.32. The third-order valence-corrected chi connectivity index (χ3v) is 4.45. The molecule has 1 unspecified atom stereocenters. The highest BCUT2D eigenvalue weighted by Gasteiger charge is 2.18. The zero-order valence-electron chi connectivity index (χ0n) is 12.6. The van der Waals surface area contributed by atoms with Crippen molar-refractivity contribution in [1.82, 2.24) is 0 Å². The lowest BCUT2D eigenvalue weighted by Gasteiger charge is -2.18. The molecule has 114 valence electrons. The summed E-state index contributed by atoms with van der Waals surface area (Å²) >= 11 is 0. The van der Waals surface area contributed by atoms with Crippen LogP contribution in [0.2, 0.25) is 0 Å². The third-order valence-electron chi connectivity index (χ3n) is 3.20. The van der Waals surface area contributed by atoms with E-state index in [1.165, 1.54) is 5.56 Å². The Morgan fingerprint density at radius 3 is 2.20 bits per heavy atom. The molecule has 0 aromatic heterocycles. The molecule has 0 saturated carbocycles. The Labute approximate surface area is 126 Å². The van der Waals surface area contributed by atoms with Crippen LogP contribution in [-0.2, 0) is 9.05 Å². The summed E-state index contributed by atoms with van der Waals surface area (Å²) in [6, 6.07) is 4.13. The Balaban J connectivity index is 2.77. The molecule has 0 saturated heterocycles. The van der Waals surface area contributed by atoms with Gasteiger partial charge in [0.25, 0.3) is 0 Å². The van der Waals surface area contributed by atoms with Gasteiger partial charge in [-0.15, -0.1) is 0 Å². The normalized spacial score (nSPS) is 13.2. The fourth-order valence-electron chi connectivity index (χ4n) is 2.50. The molecule has 0 bridgehead atoms. The van der Waals surface area contributed by atoms with Crippen molar-refractivity contribution in [2.24, 2.45) is 5.92 Å². The summed E-state index contributed by atoms with van der Waals surface area (Å²) in [5.41, 5.74) is 3.35. The number of halogens is 1. The predicted octanol–water partition coefficient (Wildman–Crippen LogP) is 3.98. The zero-order chi connectivity index (χ0) is 15.3. The third kappa shape index (κ3) is 5.71. The molecule has 0 N–H and O–H groups in total. The van der Waals surface area contributed by atoms with Crippen molar-refractivity contribution >= 4 is 19.7 Å². The zero-order valence-corrected chi connectivity index (χ0v) is 14.1. The van der Waals surface area contributed by atoms with Crippen LogP contribution in [0.25, 0.3) is 0 Å². The van der Waals surface area contributed by atoms with E-state index < -0.39 is 9.05 Å². The Hall–Kier alpha value is -0.740. The van der Waals surface area contributed by atoms with E-state index in [2.05, 4.69) is 12.1 Å². The summed E-state index contributed by atoms with van der Waals surface area (Å²) in [6.07, 6.45) is 1.70. The van der Waals surface area contributed by atoms with E-state index in [0.29, 0.717) is 6.61 Å². The molecule has 0 spiro atoms. The molecule has 1 aromatic carbocycles. The molecule has 0 aliphatic carbocycles. The van der Waals surface area contributed by atoms with Gasteiger partial charge in [-0.3, -0.25) is 0 Å². The summed E-state index contributed by atoms with van der Waals surface area (Å²) in [6.45, 7) is 8.45. The minimum absolute atomic E-state index is 0.0354. The minimum atomic E-state index is -3.48. The van der Waals surface area contributed by atoms with Gasteiger partial charge in [0, 0.05) is 16.6 Å². The highest BCUT2D eigenvalue weighted by atomic mass is 35.7. The summed E-state index contributed by atoms with van der Waals surface area (Å²) in [4.78, 5) is 0. The average Bonchev–Trinajstić information content (AvgIpc) is 2.25. The number of benzene rings is 1. The van der Waals surface area contributed by atoms with E-state index in [-0.39, 0.29) is 11.7 Å². The predicted molar refractivity (Wildman–Crippen MR) is 84.2 cm³/mol. The second-order valence-electron chi connectivity index (χ2n) is 5.40. The van der Waals surface area contributed by atoms with Crippen LogP contribution in [0, 0.1) is 26.7 Å². The summed E-state index contributed by atoms with van der Waals surface area (Å²) in [7, 11) is 1.86. The van der Waals surface area contributed by atoms with Crippen molar-refractivity contribution in [1.29, 1.82) is 0 Å². The Morgan fingerprint density at radius 2 is 1.75 bits per heavy atom. The van der Waals surface area contributed by atoms with Gasteiger partial charge in [-0.05, 0) is 38.3 Å². The molecule has 1 atom stereocenters. The van der Waals surface area contributed by atoms with Crippen molar-refractivity contribution in [2.45, 2.75) is 40.5 Å². The molecule has 0 radical (unpaired) electrons. The van der Waals surface area contributed by atoms with E-state index >= 15 is 0 Å². The number of aryl methyl sites for hydroxylation is 3. The van der Waals surface area contributed by atoms with Crippen molar-refractivity contribution in [3.63, 3.8) is 0 Å². The van der Waals surface area contributed by atoms with Gasteiger partial charge in [0.15, 0.2) is 0 Å². The van der Waals surface area contributed by atoms with Crippen molar-refractivity contribution in [3.05, 3.63) is 28.8 Å². The van der Waals surface area contributed by atoms with Crippen molar-refractivity contribution in [3.8, 4) is 5.75 Å². The quantitative estimate of drug-likeness (QED) is 0.714. The molecule has 1 aromatic rings.